The number of rotatable bonds is 9. The molecule has 0 radical (unpaired) electrons. The van der Waals surface area contributed by atoms with Gasteiger partial charge in [0.2, 0.25) is 35.4 Å². The van der Waals surface area contributed by atoms with Crippen LogP contribution >= 0.6 is 0 Å². The zero-order chi connectivity index (χ0) is 33.1. The van der Waals surface area contributed by atoms with E-state index in [1.165, 1.54) is 4.90 Å². The monoisotopic (exact) mass is 630 g/mol. The highest BCUT2D eigenvalue weighted by Crippen LogP contribution is 2.18. The third-order valence-electron chi connectivity index (χ3n) is 7.10. The van der Waals surface area contributed by atoms with Gasteiger partial charge in [-0.05, 0) is 24.0 Å². The van der Waals surface area contributed by atoms with Crippen molar-refractivity contribution in [3.8, 4) is 0 Å². The van der Waals surface area contributed by atoms with Crippen LogP contribution in [0.5, 0.6) is 0 Å². The van der Waals surface area contributed by atoms with E-state index in [0.29, 0.717) is 12.1 Å². The number of nitrogens with zero attached hydrogens (tertiary/aromatic N) is 2. The van der Waals surface area contributed by atoms with Crippen LogP contribution in [0.2, 0.25) is 0 Å². The number of piperazine rings is 1. The molecule has 0 saturated carbocycles. The molecule has 3 heterocycles. The van der Waals surface area contributed by atoms with Gasteiger partial charge in [0.1, 0.15) is 24.2 Å². The molecule has 1 aromatic rings. The molecule has 0 aliphatic carbocycles. The zero-order valence-corrected chi connectivity index (χ0v) is 24.4. The number of amides is 6. The third-order valence-corrected chi connectivity index (χ3v) is 7.10. The van der Waals surface area contributed by atoms with E-state index >= 15 is 0 Å². The number of carbonyl (C=O) groups excluding carboxylic acids is 6. The van der Waals surface area contributed by atoms with Gasteiger partial charge in [0.15, 0.2) is 5.96 Å². The molecule has 6 amide bonds. The van der Waals surface area contributed by atoms with E-state index < -0.39 is 91.5 Å². The van der Waals surface area contributed by atoms with Crippen LogP contribution in [0.3, 0.4) is 0 Å². The smallest absolute Gasteiger partial charge is 0.305 e. The van der Waals surface area contributed by atoms with Gasteiger partial charge in [-0.25, -0.2) is 0 Å². The first-order valence-corrected chi connectivity index (χ1v) is 14.2. The van der Waals surface area contributed by atoms with Gasteiger partial charge in [-0.15, -0.1) is 0 Å². The van der Waals surface area contributed by atoms with Gasteiger partial charge < -0.3 is 53.8 Å². The van der Waals surface area contributed by atoms with E-state index in [-0.39, 0.29) is 31.9 Å². The summed E-state index contributed by atoms with van der Waals surface area (Å²) in [4.78, 5) is 95.1. The van der Waals surface area contributed by atoms with Gasteiger partial charge in [-0.1, -0.05) is 24.3 Å². The average molecular weight is 631 g/mol. The van der Waals surface area contributed by atoms with Crippen molar-refractivity contribution in [2.75, 3.05) is 19.6 Å². The normalized spacial score (nSPS) is 23.2. The second-order valence-corrected chi connectivity index (χ2v) is 10.5. The fraction of sp³-hybridized carbons (Fsp3) is 0.481. The predicted octanol–water partition coefficient (Wildman–Crippen LogP) is -4.53. The van der Waals surface area contributed by atoms with Gasteiger partial charge in [-0.3, -0.25) is 38.6 Å². The average Bonchev–Trinajstić information content (AvgIpc) is 2.99. The largest absolute Gasteiger partial charge is 0.481 e. The molecule has 3 fully saturated rings. The number of fused-ring (bicyclic) bond motifs is 14. The Morgan fingerprint density at radius 3 is 2.18 bits per heavy atom. The molecule has 4 rings (SSSR count). The molecule has 12 N–H and O–H groups in total. The lowest BCUT2D eigenvalue weighted by Gasteiger charge is -2.39. The molecule has 18 nitrogen and oxygen atoms in total. The maximum absolute atomic E-state index is 13.6. The quantitative estimate of drug-likeness (QED) is 0.0542. The lowest BCUT2D eigenvalue weighted by Crippen LogP contribution is -2.66. The first kappa shape index (κ1) is 34.2. The number of benzene rings is 1. The zero-order valence-electron chi connectivity index (χ0n) is 24.4. The molecule has 3 aliphatic rings. The number of carboxylic acids is 1. The molecule has 0 unspecified atom stereocenters. The Labute approximate surface area is 257 Å². The Bertz CT molecular complexity index is 1330. The van der Waals surface area contributed by atoms with E-state index in [1.807, 2.05) is 0 Å². The molecule has 1 aromatic carbocycles. The van der Waals surface area contributed by atoms with E-state index in [4.69, 9.17) is 17.2 Å². The topological polar surface area (TPSA) is 294 Å². The maximum atomic E-state index is 13.6. The molecule has 3 saturated heterocycles. The number of nitrogens with two attached hydrogens (primary N) is 3. The summed E-state index contributed by atoms with van der Waals surface area (Å²) < 4.78 is 0. The summed E-state index contributed by atoms with van der Waals surface area (Å²) >= 11 is 0. The highest BCUT2D eigenvalue weighted by Gasteiger charge is 2.42. The van der Waals surface area contributed by atoms with Crippen LogP contribution in [0.4, 0.5) is 0 Å². The van der Waals surface area contributed by atoms with Crippen molar-refractivity contribution >= 4 is 47.4 Å². The molecule has 0 spiro atoms. The first-order chi connectivity index (χ1) is 21.4. The Kier molecular flexibility index (Phi) is 12.2. The van der Waals surface area contributed by atoms with E-state index in [1.54, 1.807) is 24.3 Å². The summed E-state index contributed by atoms with van der Waals surface area (Å²) in [5, 5.41) is 21.3. The number of carboxylic acid groups (broad SMARTS) is 1. The summed E-state index contributed by atoms with van der Waals surface area (Å²) in [7, 11) is 0. The minimum Gasteiger partial charge on any atom is -0.481 e. The number of aliphatic carboxylic acids is 1. The fourth-order valence-corrected chi connectivity index (χ4v) is 4.78. The van der Waals surface area contributed by atoms with Gasteiger partial charge in [0.25, 0.3) is 0 Å². The van der Waals surface area contributed by atoms with Crippen LogP contribution in [-0.4, -0.2) is 101 Å². The number of nitrogens with one attached hydrogen (secondary N) is 5. The van der Waals surface area contributed by atoms with Crippen LogP contribution < -0.4 is 43.8 Å². The number of hydrogen-bond acceptors (Lipinski definition) is 9. The molecular weight excluding hydrogens is 592 g/mol. The number of guanidine groups is 1. The van der Waals surface area contributed by atoms with Gasteiger partial charge >= 0.3 is 5.97 Å². The molecule has 45 heavy (non-hydrogen) atoms. The van der Waals surface area contributed by atoms with E-state index in [2.05, 4.69) is 31.6 Å². The van der Waals surface area contributed by atoms with Crippen LogP contribution in [0.15, 0.2) is 29.3 Å². The standard InChI is InChI=1S/C27H38N10O8/c28-10-14-3-5-15(6-4-14)13-37-19-9-20(38)34-16(2-1-7-31-27(29)30)23(42)33-12-21(39)35-17(8-22(40)41)24(43)32-11-18(26(37)45)36-25(19)44/h3-6,16-19H,1-2,7-13,28H2,(H,32,43)(H,33,42)(H,34,38)(H,35,39)(H,36,44)(H,40,41)(H4,29,30,31)/t16-,17-,18+,19-/m0/s1. The highest BCUT2D eigenvalue weighted by molar-refractivity contribution is 6.00. The van der Waals surface area contributed by atoms with Crippen LogP contribution in [0.25, 0.3) is 0 Å². The SMILES string of the molecule is NCc1ccc(CN2C(=O)[C@H]3CNC(=O)[C@H](CC(=O)O)NC(=O)CNC(=O)[C@H](CCCN=C(N)N)NC(=O)C[C@H]2C(=O)N3)cc1. The van der Waals surface area contributed by atoms with Crippen molar-refractivity contribution in [3.05, 3.63) is 35.4 Å². The van der Waals surface area contributed by atoms with Crippen molar-refractivity contribution in [1.29, 1.82) is 0 Å². The Balaban J connectivity index is 1.94. The molecule has 244 valence electrons. The minimum absolute atomic E-state index is 0.0368. The Hall–Kier alpha value is -5.26. The fourth-order valence-electron chi connectivity index (χ4n) is 4.78. The Morgan fingerprint density at radius 1 is 0.889 bits per heavy atom. The van der Waals surface area contributed by atoms with Crippen molar-refractivity contribution in [2.24, 2.45) is 22.2 Å². The van der Waals surface area contributed by atoms with Crippen molar-refractivity contribution < 1.29 is 38.7 Å². The number of carbonyl (C=O) groups is 7. The minimum atomic E-state index is -1.56. The summed E-state index contributed by atoms with van der Waals surface area (Å²) in [6, 6.07) is 1.68. The molecular formula is C27H38N10O8. The molecule has 3 aliphatic heterocycles. The summed E-state index contributed by atoms with van der Waals surface area (Å²) in [6.45, 7) is -0.708. The van der Waals surface area contributed by atoms with E-state index in [9.17, 15) is 38.7 Å². The number of hydrogen-bond donors (Lipinski definition) is 9. The van der Waals surface area contributed by atoms with Gasteiger partial charge in [0, 0.05) is 26.2 Å². The molecule has 0 aromatic heterocycles. The second-order valence-electron chi connectivity index (χ2n) is 10.5. The van der Waals surface area contributed by atoms with Crippen LogP contribution in [-0.2, 0) is 46.7 Å². The van der Waals surface area contributed by atoms with Crippen molar-refractivity contribution in [2.45, 2.75) is 62.9 Å². The molecule has 4 atom stereocenters. The lowest BCUT2D eigenvalue weighted by atomic mass is 10.0. The highest BCUT2D eigenvalue weighted by atomic mass is 16.4. The molecule has 18 heteroatoms. The van der Waals surface area contributed by atoms with E-state index in [0.717, 1.165) is 5.56 Å². The van der Waals surface area contributed by atoms with Crippen LogP contribution in [0, 0.1) is 0 Å². The second kappa shape index (κ2) is 16.0. The lowest BCUT2D eigenvalue weighted by molar-refractivity contribution is -0.151. The van der Waals surface area contributed by atoms with Gasteiger partial charge in [0.05, 0.1) is 19.4 Å². The van der Waals surface area contributed by atoms with Crippen molar-refractivity contribution in [1.82, 2.24) is 31.5 Å². The summed E-state index contributed by atoms with van der Waals surface area (Å²) in [6.07, 6.45) is -1.02. The van der Waals surface area contributed by atoms with Gasteiger partial charge in [-0.2, -0.15) is 0 Å². The summed E-state index contributed by atoms with van der Waals surface area (Å²) in [5.41, 5.74) is 17.8. The predicted molar refractivity (Wildman–Crippen MR) is 157 cm³/mol. The van der Waals surface area contributed by atoms with Crippen molar-refractivity contribution in [3.63, 3.8) is 0 Å². The first-order valence-electron chi connectivity index (χ1n) is 14.2. The molecule has 2 bridgehead atoms. The maximum Gasteiger partial charge on any atom is 0.305 e. The van der Waals surface area contributed by atoms with Crippen LogP contribution in [0.1, 0.15) is 36.8 Å². The number of aliphatic imine (C=N–C) groups is 1. The Morgan fingerprint density at radius 2 is 1.53 bits per heavy atom. The third kappa shape index (κ3) is 10.2. The summed E-state index contributed by atoms with van der Waals surface area (Å²) in [5.74, 6) is -6.17.